The van der Waals surface area contributed by atoms with Crippen LogP contribution in [0.5, 0.6) is 0 Å². The number of thiophene rings is 1. The van der Waals surface area contributed by atoms with E-state index in [2.05, 4.69) is 146 Å². The van der Waals surface area contributed by atoms with E-state index in [1.807, 2.05) is 23.1 Å². The van der Waals surface area contributed by atoms with Crippen molar-refractivity contribution in [2.24, 2.45) is 0 Å². The molecule has 0 radical (unpaired) electrons. The summed E-state index contributed by atoms with van der Waals surface area (Å²) in [6.07, 6.45) is 0. The SMILES string of the molecule is c1ccc2c(c1)Sc1ccc(-c3ccc4c(c3)sc3cc(-c5cccc6oc7c8ccccc8ccc7c56)ccc34)c3cccc-2c13. The first-order valence-corrected chi connectivity index (χ1v) is 17.5. The van der Waals surface area contributed by atoms with Gasteiger partial charge in [-0.2, -0.15) is 0 Å². The van der Waals surface area contributed by atoms with Crippen molar-refractivity contribution in [3.63, 3.8) is 0 Å². The van der Waals surface area contributed by atoms with Crippen LogP contribution in [0.3, 0.4) is 0 Å². The monoisotopic (exact) mass is 632 g/mol. The molecular formula is C44H24OS2. The summed E-state index contributed by atoms with van der Waals surface area (Å²) in [6, 6.07) is 53.4. The second-order valence-electron chi connectivity index (χ2n) is 12.4. The molecule has 0 aliphatic carbocycles. The summed E-state index contributed by atoms with van der Waals surface area (Å²) in [5, 5.41) is 10.00. The molecule has 0 spiro atoms. The largest absolute Gasteiger partial charge is 0.455 e. The van der Waals surface area contributed by atoms with Gasteiger partial charge < -0.3 is 4.42 Å². The van der Waals surface area contributed by atoms with Crippen molar-refractivity contribution in [1.29, 1.82) is 0 Å². The summed E-state index contributed by atoms with van der Waals surface area (Å²) in [6.45, 7) is 0. The molecule has 1 aliphatic rings. The van der Waals surface area contributed by atoms with E-state index >= 15 is 0 Å². The number of hydrogen-bond donors (Lipinski definition) is 0. The number of fused-ring (bicyclic) bond motifs is 10. The van der Waals surface area contributed by atoms with Crippen LogP contribution >= 0.6 is 23.1 Å². The molecule has 11 rings (SSSR count). The predicted molar refractivity (Wildman–Crippen MR) is 202 cm³/mol. The van der Waals surface area contributed by atoms with Gasteiger partial charge in [-0.15, -0.1) is 11.3 Å². The van der Waals surface area contributed by atoms with Crippen LogP contribution in [0, 0.1) is 0 Å². The minimum Gasteiger partial charge on any atom is -0.455 e. The van der Waals surface area contributed by atoms with Crippen molar-refractivity contribution in [1.82, 2.24) is 0 Å². The highest BCUT2D eigenvalue weighted by molar-refractivity contribution is 7.99. The van der Waals surface area contributed by atoms with E-state index in [0.717, 1.165) is 16.6 Å². The molecule has 2 aromatic heterocycles. The zero-order valence-corrected chi connectivity index (χ0v) is 26.7. The van der Waals surface area contributed by atoms with Gasteiger partial charge in [-0.3, -0.25) is 0 Å². The molecule has 1 aliphatic heterocycles. The van der Waals surface area contributed by atoms with Crippen molar-refractivity contribution in [3.05, 3.63) is 146 Å². The highest BCUT2D eigenvalue weighted by Crippen LogP contribution is 2.50. The van der Waals surface area contributed by atoms with Gasteiger partial charge in [-0.25, -0.2) is 0 Å². The molecule has 3 heterocycles. The van der Waals surface area contributed by atoms with Crippen molar-refractivity contribution >= 4 is 86.8 Å². The Morgan fingerprint density at radius 1 is 0.404 bits per heavy atom. The van der Waals surface area contributed by atoms with E-state index in [4.69, 9.17) is 4.42 Å². The number of hydrogen-bond acceptors (Lipinski definition) is 3. The maximum absolute atomic E-state index is 6.49. The quantitative estimate of drug-likeness (QED) is 0.188. The Labute approximate surface area is 278 Å². The van der Waals surface area contributed by atoms with Gasteiger partial charge in [0.25, 0.3) is 0 Å². The molecule has 0 saturated heterocycles. The summed E-state index contributed by atoms with van der Waals surface area (Å²) in [5.74, 6) is 0. The number of rotatable bonds is 2. The molecule has 218 valence electrons. The molecule has 0 atom stereocenters. The Morgan fingerprint density at radius 2 is 1.11 bits per heavy atom. The maximum atomic E-state index is 6.49. The van der Waals surface area contributed by atoms with Crippen LogP contribution < -0.4 is 0 Å². The summed E-state index contributed by atoms with van der Waals surface area (Å²) in [4.78, 5) is 2.67. The second-order valence-corrected chi connectivity index (χ2v) is 14.6. The fraction of sp³-hybridized carbons (Fsp3) is 0. The lowest BCUT2D eigenvalue weighted by Crippen LogP contribution is -1.93. The highest BCUT2D eigenvalue weighted by Gasteiger charge is 2.21. The van der Waals surface area contributed by atoms with Crippen molar-refractivity contribution in [2.75, 3.05) is 0 Å². The maximum Gasteiger partial charge on any atom is 0.143 e. The topological polar surface area (TPSA) is 13.1 Å². The first-order chi connectivity index (χ1) is 23.3. The molecule has 0 amide bonds. The summed E-state index contributed by atoms with van der Waals surface area (Å²) < 4.78 is 9.11. The summed E-state index contributed by atoms with van der Waals surface area (Å²) >= 11 is 3.76. The first kappa shape index (κ1) is 25.8. The van der Waals surface area contributed by atoms with Crippen molar-refractivity contribution < 1.29 is 4.42 Å². The fourth-order valence-corrected chi connectivity index (χ4v) is 10.1. The average Bonchev–Trinajstić information content (AvgIpc) is 3.70. The van der Waals surface area contributed by atoms with E-state index in [9.17, 15) is 0 Å². The first-order valence-electron chi connectivity index (χ1n) is 15.9. The third kappa shape index (κ3) is 3.67. The number of benzene rings is 8. The Bertz CT molecular complexity index is 2940. The molecule has 0 N–H and O–H groups in total. The van der Waals surface area contributed by atoms with Crippen molar-refractivity contribution in [2.45, 2.75) is 9.79 Å². The third-order valence-electron chi connectivity index (χ3n) is 9.88. The summed E-state index contributed by atoms with van der Waals surface area (Å²) in [7, 11) is 0. The molecule has 0 unspecified atom stereocenters. The van der Waals surface area contributed by atoms with Crippen LogP contribution in [0.1, 0.15) is 0 Å². The lowest BCUT2D eigenvalue weighted by Gasteiger charge is -2.21. The van der Waals surface area contributed by atoms with Crippen LogP contribution in [-0.2, 0) is 0 Å². The average molecular weight is 633 g/mol. The smallest absolute Gasteiger partial charge is 0.143 e. The minimum absolute atomic E-state index is 0.929. The van der Waals surface area contributed by atoms with E-state index in [0.29, 0.717) is 0 Å². The predicted octanol–water partition coefficient (Wildman–Crippen LogP) is 13.7. The molecular weight excluding hydrogens is 609 g/mol. The molecule has 8 aromatic carbocycles. The van der Waals surface area contributed by atoms with E-state index in [-0.39, 0.29) is 0 Å². The van der Waals surface area contributed by atoms with Gasteiger partial charge in [0.05, 0.1) is 0 Å². The van der Waals surface area contributed by atoms with Crippen LogP contribution in [0.25, 0.3) is 97.0 Å². The van der Waals surface area contributed by atoms with Crippen LogP contribution in [0.4, 0.5) is 0 Å². The fourth-order valence-electron chi connectivity index (χ4n) is 7.74. The van der Waals surface area contributed by atoms with Gasteiger partial charge in [-0.1, -0.05) is 121 Å². The van der Waals surface area contributed by atoms with E-state index in [1.54, 1.807) is 0 Å². The second kappa shape index (κ2) is 9.59. The van der Waals surface area contributed by atoms with Gasteiger partial charge in [0.1, 0.15) is 11.2 Å². The van der Waals surface area contributed by atoms with Crippen LogP contribution in [0.2, 0.25) is 0 Å². The van der Waals surface area contributed by atoms with Crippen molar-refractivity contribution in [3.8, 4) is 33.4 Å². The Balaban J connectivity index is 1.06. The summed E-state index contributed by atoms with van der Waals surface area (Å²) in [5.41, 5.74) is 9.52. The van der Waals surface area contributed by atoms with Gasteiger partial charge in [0.2, 0.25) is 0 Å². The van der Waals surface area contributed by atoms with Crippen LogP contribution in [0.15, 0.2) is 160 Å². The molecule has 0 fully saturated rings. The lowest BCUT2D eigenvalue weighted by atomic mass is 9.92. The highest BCUT2D eigenvalue weighted by atomic mass is 32.2. The standard InChI is InChI=1S/C44H24OS2/c1-2-8-30-25(7-1)15-20-36-42-29(10-6-13-37(42)45-44(30)36)27-17-19-33-32-18-16-26(23-40(32)47-41(33)24-27)28-21-22-39-43-34(28)11-5-12-35(43)31-9-3-4-14-38(31)46-39/h1-24H. The Hall–Kier alpha value is -5.35. The van der Waals surface area contributed by atoms with Gasteiger partial charge in [-0.05, 0) is 80.6 Å². The minimum atomic E-state index is 0.929. The zero-order chi connectivity index (χ0) is 30.6. The van der Waals surface area contributed by atoms with Gasteiger partial charge in [0.15, 0.2) is 0 Å². The number of furan rings is 1. The molecule has 0 saturated carbocycles. The molecule has 10 aromatic rings. The van der Waals surface area contributed by atoms with E-state index < -0.39 is 0 Å². The van der Waals surface area contributed by atoms with Gasteiger partial charge in [0, 0.05) is 51.5 Å². The van der Waals surface area contributed by atoms with Crippen LogP contribution in [-0.4, -0.2) is 0 Å². The van der Waals surface area contributed by atoms with E-state index in [1.165, 1.54) is 90.3 Å². The molecule has 47 heavy (non-hydrogen) atoms. The third-order valence-corrected chi connectivity index (χ3v) is 12.1. The molecule has 0 bridgehead atoms. The zero-order valence-electron chi connectivity index (χ0n) is 25.1. The van der Waals surface area contributed by atoms with Gasteiger partial charge >= 0.3 is 0 Å². The Kier molecular flexibility index (Phi) is 5.26. The Morgan fingerprint density at radius 3 is 2.00 bits per heavy atom. The molecule has 3 heteroatoms. The molecule has 1 nitrogen and oxygen atoms in total. The lowest BCUT2D eigenvalue weighted by molar-refractivity contribution is 0.673. The normalized spacial score (nSPS) is 12.6.